The quantitative estimate of drug-likeness (QED) is 0.672. The van der Waals surface area contributed by atoms with E-state index >= 15 is 0 Å². The van der Waals surface area contributed by atoms with Gasteiger partial charge in [-0.25, -0.2) is 0 Å². The van der Waals surface area contributed by atoms with Crippen LogP contribution >= 0.6 is 0 Å². The molecule has 9 heteroatoms. The van der Waals surface area contributed by atoms with Crippen molar-refractivity contribution in [2.45, 2.75) is 45.5 Å². The molecular formula is C14H17F6N3. The molecule has 0 aromatic heterocycles. The number of hydrogen-bond donors (Lipinski definition) is 1. The predicted molar refractivity (Wildman–Crippen MR) is 71.4 cm³/mol. The van der Waals surface area contributed by atoms with Crippen LogP contribution in [0.25, 0.3) is 0 Å². The average Bonchev–Trinajstić information content (AvgIpc) is 2.91. The summed E-state index contributed by atoms with van der Waals surface area (Å²) < 4.78 is 80.7. The molecule has 1 heterocycles. The Balaban J connectivity index is 0.00000127. The molecule has 2 N–H and O–H groups in total. The van der Waals surface area contributed by atoms with Crippen molar-refractivity contribution in [3.63, 3.8) is 0 Å². The summed E-state index contributed by atoms with van der Waals surface area (Å²) >= 11 is 0. The van der Waals surface area contributed by atoms with Gasteiger partial charge in [0.05, 0.1) is 5.57 Å². The van der Waals surface area contributed by atoms with E-state index in [1.54, 1.807) is 0 Å². The van der Waals surface area contributed by atoms with Crippen LogP contribution in [0.3, 0.4) is 0 Å². The monoisotopic (exact) mass is 341 g/mol. The topological polar surface area (TPSA) is 53.0 Å². The minimum atomic E-state index is -5.69. The molecule has 3 nitrogen and oxygen atoms in total. The molecule has 2 aliphatic rings. The molecule has 0 amide bonds. The van der Waals surface area contributed by atoms with Crippen LogP contribution in [0.15, 0.2) is 22.7 Å². The third kappa shape index (κ3) is 2.44. The lowest BCUT2D eigenvalue weighted by atomic mass is 9.69. The second kappa shape index (κ2) is 5.98. The third-order valence-corrected chi connectivity index (χ3v) is 4.00. The zero-order valence-corrected chi connectivity index (χ0v) is 12.9. The van der Waals surface area contributed by atoms with Crippen LogP contribution in [0.5, 0.6) is 0 Å². The summed E-state index contributed by atoms with van der Waals surface area (Å²) in [4.78, 5) is 1.05. The smallest absolute Gasteiger partial charge is 0.384 e. The molecule has 23 heavy (non-hydrogen) atoms. The van der Waals surface area contributed by atoms with Gasteiger partial charge in [-0.05, 0) is 24.8 Å². The molecule has 0 fully saturated rings. The largest absolute Gasteiger partial charge is 0.411 e. The minimum Gasteiger partial charge on any atom is -0.384 e. The molecule has 0 saturated heterocycles. The Morgan fingerprint density at radius 1 is 1.09 bits per heavy atom. The van der Waals surface area contributed by atoms with Crippen LogP contribution < -0.4 is 5.73 Å². The van der Waals surface area contributed by atoms with Crippen molar-refractivity contribution in [3.8, 4) is 6.07 Å². The number of hydrogen-bond acceptors (Lipinski definition) is 3. The Bertz CT molecular complexity index is 563. The number of nitrogens with zero attached hydrogens (tertiary/aromatic N) is 2. The van der Waals surface area contributed by atoms with Crippen molar-refractivity contribution >= 4 is 0 Å². The highest BCUT2D eigenvalue weighted by molar-refractivity contribution is 5.51. The first-order valence-electron chi connectivity index (χ1n) is 7.00. The lowest BCUT2D eigenvalue weighted by Crippen LogP contribution is -2.56. The van der Waals surface area contributed by atoms with Crippen molar-refractivity contribution in [3.05, 3.63) is 22.7 Å². The minimum absolute atomic E-state index is 0.0686. The first-order valence-corrected chi connectivity index (χ1v) is 7.00. The van der Waals surface area contributed by atoms with Crippen LogP contribution in [-0.2, 0) is 0 Å². The lowest BCUT2D eigenvalue weighted by molar-refractivity contribution is -0.311. The first kappa shape index (κ1) is 19.2. The van der Waals surface area contributed by atoms with E-state index in [0.29, 0.717) is 0 Å². The molecule has 0 atom stereocenters. The van der Waals surface area contributed by atoms with Gasteiger partial charge in [0.25, 0.3) is 0 Å². The molecule has 1 aliphatic heterocycles. The summed E-state index contributed by atoms with van der Waals surface area (Å²) in [6.45, 7) is 4.00. The molecular weight excluding hydrogens is 324 g/mol. The van der Waals surface area contributed by atoms with E-state index in [-0.39, 0.29) is 25.0 Å². The fraction of sp³-hybridized carbons (Fsp3) is 0.643. The number of rotatable bonds is 0. The van der Waals surface area contributed by atoms with Crippen LogP contribution in [0, 0.1) is 16.7 Å². The fourth-order valence-corrected chi connectivity index (χ4v) is 3.09. The van der Waals surface area contributed by atoms with Gasteiger partial charge in [-0.1, -0.05) is 13.8 Å². The molecule has 2 rings (SSSR count). The summed E-state index contributed by atoms with van der Waals surface area (Å²) in [6.07, 6.45) is -11.5. The van der Waals surface area contributed by atoms with Crippen molar-refractivity contribution in [1.29, 1.82) is 5.26 Å². The average molecular weight is 341 g/mol. The number of nitriles is 1. The van der Waals surface area contributed by atoms with Crippen molar-refractivity contribution in [1.82, 2.24) is 4.90 Å². The summed E-state index contributed by atoms with van der Waals surface area (Å²) in [5.74, 6) is -0.798. The number of halogens is 6. The van der Waals surface area contributed by atoms with E-state index in [4.69, 9.17) is 11.0 Å². The first-order chi connectivity index (χ1) is 10.5. The highest BCUT2D eigenvalue weighted by Gasteiger charge is 2.77. The van der Waals surface area contributed by atoms with Crippen LogP contribution in [0.2, 0.25) is 0 Å². The van der Waals surface area contributed by atoms with Gasteiger partial charge in [0.15, 0.2) is 0 Å². The van der Waals surface area contributed by atoms with Crippen LogP contribution in [0.4, 0.5) is 26.3 Å². The van der Waals surface area contributed by atoms with Crippen LogP contribution in [-0.4, -0.2) is 24.3 Å². The second-order valence-corrected chi connectivity index (χ2v) is 4.96. The molecule has 0 aromatic rings. The van der Waals surface area contributed by atoms with E-state index in [2.05, 4.69) is 0 Å². The van der Waals surface area contributed by atoms with E-state index in [9.17, 15) is 26.3 Å². The van der Waals surface area contributed by atoms with Gasteiger partial charge in [-0.3, -0.25) is 0 Å². The SMILES string of the molecule is CC.CN1C(N)=C(C#N)C(C(F)(F)F)(C(F)(F)F)C2=C1CCC2. The molecule has 1 aliphatic carbocycles. The number of alkyl halides is 6. The molecule has 0 aromatic carbocycles. The highest BCUT2D eigenvalue weighted by atomic mass is 19.4. The van der Waals surface area contributed by atoms with Crippen molar-refractivity contribution in [2.75, 3.05) is 7.05 Å². The molecule has 0 saturated carbocycles. The van der Waals surface area contributed by atoms with Gasteiger partial charge >= 0.3 is 12.4 Å². The zero-order chi connectivity index (χ0) is 18.2. The second-order valence-electron chi connectivity index (χ2n) is 4.96. The summed E-state index contributed by atoms with van der Waals surface area (Å²) in [5, 5.41) is 8.92. The lowest BCUT2D eigenvalue weighted by Gasteiger charge is -2.44. The van der Waals surface area contributed by atoms with Gasteiger partial charge in [0.2, 0.25) is 5.41 Å². The van der Waals surface area contributed by atoms with E-state index < -0.39 is 34.7 Å². The Morgan fingerprint density at radius 2 is 1.57 bits per heavy atom. The Kier molecular flexibility index (Phi) is 4.99. The van der Waals surface area contributed by atoms with Gasteiger partial charge in [0, 0.05) is 12.7 Å². The van der Waals surface area contributed by atoms with Crippen molar-refractivity contribution < 1.29 is 26.3 Å². The maximum atomic E-state index is 13.5. The van der Waals surface area contributed by atoms with Gasteiger partial charge in [0.1, 0.15) is 11.9 Å². The van der Waals surface area contributed by atoms with Crippen LogP contribution in [0.1, 0.15) is 33.1 Å². The summed E-state index contributed by atoms with van der Waals surface area (Å²) in [7, 11) is 1.27. The maximum Gasteiger partial charge on any atom is 0.411 e. The molecule has 130 valence electrons. The van der Waals surface area contributed by atoms with E-state index in [1.165, 1.54) is 7.05 Å². The Labute approximate surface area is 130 Å². The number of allylic oxidation sites excluding steroid dienone is 3. The molecule has 0 spiro atoms. The molecule has 0 unspecified atom stereocenters. The molecule has 0 bridgehead atoms. The van der Waals surface area contributed by atoms with E-state index in [1.807, 2.05) is 13.8 Å². The summed E-state index contributed by atoms with van der Waals surface area (Å²) in [5.41, 5.74) is -1.29. The Hall–Kier alpha value is -1.85. The highest BCUT2D eigenvalue weighted by Crippen LogP contribution is 2.64. The maximum absolute atomic E-state index is 13.5. The standard InChI is InChI=1S/C12H11F6N3.C2H6/c1-21-8-4-2-3-6(8)10(11(13,14)15,12(16,17)18)7(5-19)9(21)20;1-2/h2-4,20H2,1H3;1-2H3. The van der Waals surface area contributed by atoms with Gasteiger partial charge in [-0.15, -0.1) is 0 Å². The third-order valence-electron chi connectivity index (χ3n) is 4.00. The van der Waals surface area contributed by atoms with Gasteiger partial charge < -0.3 is 10.6 Å². The number of nitrogens with two attached hydrogens (primary N) is 1. The molecule has 0 radical (unpaired) electrons. The zero-order valence-electron chi connectivity index (χ0n) is 12.9. The summed E-state index contributed by atoms with van der Waals surface area (Å²) in [6, 6.07) is 1.04. The van der Waals surface area contributed by atoms with Gasteiger partial charge in [-0.2, -0.15) is 31.6 Å². The fourth-order valence-electron chi connectivity index (χ4n) is 3.09. The van der Waals surface area contributed by atoms with Crippen molar-refractivity contribution in [2.24, 2.45) is 11.1 Å². The van der Waals surface area contributed by atoms with E-state index in [0.717, 1.165) is 11.0 Å². The normalized spacial score (nSPS) is 20.8. The predicted octanol–water partition coefficient (Wildman–Crippen LogP) is 4.20. The Morgan fingerprint density at radius 3 is 1.96 bits per heavy atom.